The van der Waals surface area contributed by atoms with Crippen LogP contribution >= 0.6 is 0 Å². The third-order valence-corrected chi connectivity index (χ3v) is 5.10. The summed E-state index contributed by atoms with van der Waals surface area (Å²) in [5.41, 5.74) is 0. The number of hydrogen-bond acceptors (Lipinski definition) is 5. The highest BCUT2D eigenvalue weighted by Gasteiger charge is 2.47. The molecule has 1 unspecified atom stereocenters. The van der Waals surface area contributed by atoms with Gasteiger partial charge in [0.05, 0.1) is 18.6 Å². The summed E-state index contributed by atoms with van der Waals surface area (Å²) in [7, 11) is -3.72. The van der Waals surface area contributed by atoms with Gasteiger partial charge in [0.1, 0.15) is 11.8 Å². The van der Waals surface area contributed by atoms with Crippen molar-refractivity contribution in [1.29, 1.82) is 0 Å². The van der Waals surface area contributed by atoms with Crippen molar-refractivity contribution < 1.29 is 35.6 Å². The van der Waals surface area contributed by atoms with E-state index >= 15 is 0 Å². The number of nitrogens with zero attached hydrogens (tertiary/aromatic N) is 1. The SMILES string of the molecule is O=C(NCCS(=O)(=O)NCc1ccco1)C1CCCN1C(=O)C(F)(F)F. The summed E-state index contributed by atoms with van der Waals surface area (Å²) in [6, 6.07) is 1.93. The highest BCUT2D eigenvalue weighted by atomic mass is 32.2. The van der Waals surface area contributed by atoms with Gasteiger partial charge in [-0.2, -0.15) is 13.2 Å². The summed E-state index contributed by atoms with van der Waals surface area (Å²) in [6.07, 6.45) is -3.30. The van der Waals surface area contributed by atoms with Crippen molar-refractivity contribution in [3.63, 3.8) is 0 Å². The third kappa shape index (κ3) is 5.46. The molecule has 0 aliphatic carbocycles. The fourth-order valence-electron chi connectivity index (χ4n) is 2.54. The first kappa shape index (κ1) is 20.2. The van der Waals surface area contributed by atoms with Crippen molar-refractivity contribution in [3.8, 4) is 0 Å². The van der Waals surface area contributed by atoms with E-state index in [1.165, 1.54) is 6.26 Å². The van der Waals surface area contributed by atoms with Crippen LogP contribution in [0.15, 0.2) is 22.8 Å². The number of halogens is 3. The Hall–Kier alpha value is -2.08. The van der Waals surface area contributed by atoms with Gasteiger partial charge in [-0.25, -0.2) is 13.1 Å². The van der Waals surface area contributed by atoms with Crippen molar-refractivity contribution in [2.45, 2.75) is 31.6 Å². The number of carbonyl (C=O) groups is 2. The van der Waals surface area contributed by atoms with E-state index in [1.807, 2.05) is 0 Å². The molecule has 1 atom stereocenters. The molecule has 2 heterocycles. The largest absolute Gasteiger partial charge is 0.471 e. The lowest BCUT2D eigenvalue weighted by atomic mass is 10.2. The Balaban J connectivity index is 1.81. The minimum Gasteiger partial charge on any atom is -0.468 e. The van der Waals surface area contributed by atoms with Gasteiger partial charge in [-0.3, -0.25) is 9.59 Å². The van der Waals surface area contributed by atoms with Crippen molar-refractivity contribution in [2.75, 3.05) is 18.8 Å². The van der Waals surface area contributed by atoms with Gasteiger partial charge in [-0.15, -0.1) is 0 Å². The molecule has 0 bridgehead atoms. The standard InChI is InChI=1S/C14H18F3N3O5S/c15-14(16,17)13(22)20-6-1-4-11(20)12(21)18-5-8-26(23,24)19-9-10-3-2-7-25-10/h2-3,7,11,19H,1,4-6,8-9H2,(H,18,21). The summed E-state index contributed by atoms with van der Waals surface area (Å²) >= 11 is 0. The summed E-state index contributed by atoms with van der Waals surface area (Å²) in [6.45, 7) is -0.518. The van der Waals surface area contributed by atoms with E-state index in [-0.39, 0.29) is 32.5 Å². The van der Waals surface area contributed by atoms with Crippen molar-refractivity contribution in [1.82, 2.24) is 14.9 Å². The predicted octanol–water partition coefficient (Wildman–Crippen LogP) is 0.369. The molecule has 1 fully saturated rings. The molecule has 146 valence electrons. The van der Waals surface area contributed by atoms with Crippen molar-refractivity contribution in [3.05, 3.63) is 24.2 Å². The fourth-order valence-corrected chi connectivity index (χ4v) is 3.42. The molecule has 1 aliphatic rings. The zero-order valence-corrected chi connectivity index (χ0v) is 14.4. The molecule has 0 radical (unpaired) electrons. The average Bonchev–Trinajstić information content (AvgIpc) is 3.22. The van der Waals surface area contributed by atoms with E-state index in [2.05, 4.69) is 10.0 Å². The average molecular weight is 397 g/mol. The molecule has 8 nitrogen and oxygen atoms in total. The Labute approximate surface area is 147 Å². The monoisotopic (exact) mass is 397 g/mol. The number of nitrogens with one attached hydrogen (secondary N) is 2. The number of alkyl halides is 3. The Morgan fingerprint density at radius 2 is 2.08 bits per heavy atom. The third-order valence-electron chi connectivity index (χ3n) is 3.78. The zero-order chi connectivity index (χ0) is 19.4. The molecule has 2 N–H and O–H groups in total. The molecule has 2 rings (SSSR count). The smallest absolute Gasteiger partial charge is 0.468 e. The quantitative estimate of drug-likeness (QED) is 0.691. The molecule has 1 aliphatic heterocycles. The maximum atomic E-state index is 12.5. The highest BCUT2D eigenvalue weighted by Crippen LogP contribution is 2.25. The van der Waals surface area contributed by atoms with Gasteiger partial charge in [0.25, 0.3) is 0 Å². The number of likely N-dealkylation sites (tertiary alicyclic amines) is 1. The first-order chi connectivity index (χ1) is 12.1. The van der Waals surface area contributed by atoms with Gasteiger partial charge in [-0.1, -0.05) is 0 Å². The second kappa shape index (κ2) is 8.08. The first-order valence-electron chi connectivity index (χ1n) is 7.75. The number of hydrogen-bond donors (Lipinski definition) is 2. The van der Waals surface area contributed by atoms with Gasteiger partial charge >= 0.3 is 12.1 Å². The topological polar surface area (TPSA) is 109 Å². The van der Waals surface area contributed by atoms with Gasteiger partial charge < -0.3 is 14.6 Å². The van der Waals surface area contributed by atoms with Gasteiger partial charge in [-0.05, 0) is 25.0 Å². The highest BCUT2D eigenvalue weighted by molar-refractivity contribution is 7.89. The number of sulfonamides is 1. The van der Waals surface area contributed by atoms with Crippen LogP contribution in [-0.2, 0) is 26.2 Å². The molecular formula is C14H18F3N3O5S. The van der Waals surface area contributed by atoms with Gasteiger partial charge in [0.2, 0.25) is 15.9 Å². The molecule has 0 spiro atoms. The van der Waals surface area contributed by atoms with Gasteiger partial charge in [0, 0.05) is 13.1 Å². The van der Waals surface area contributed by atoms with Crippen LogP contribution in [0.2, 0.25) is 0 Å². The first-order valence-corrected chi connectivity index (χ1v) is 9.40. The minimum atomic E-state index is -5.05. The van der Waals surface area contributed by atoms with E-state index in [1.54, 1.807) is 12.1 Å². The molecule has 1 aromatic heterocycles. The number of furan rings is 1. The van der Waals surface area contributed by atoms with Gasteiger partial charge in [0.15, 0.2) is 0 Å². The Kier molecular flexibility index (Phi) is 6.29. The lowest BCUT2D eigenvalue weighted by molar-refractivity contribution is -0.186. The number of rotatable bonds is 7. The summed E-state index contributed by atoms with van der Waals surface area (Å²) in [5, 5.41) is 2.27. The van der Waals surface area contributed by atoms with E-state index in [9.17, 15) is 31.2 Å². The van der Waals surface area contributed by atoms with Crippen LogP contribution < -0.4 is 10.0 Å². The summed E-state index contributed by atoms with van der Waals surface area (Å²) in [4.78, 5) is 23.8. The van der Waals surface area contributed by atoms with Crippen LogP contribution in [-0.4, -0.2) is 56.2 Å². The lowest BCUT2D eigenvalue weighted by Crippen LogP contribution is -2.50. The van der Waals surface area contributed by atoms with E-state index < -0.39 is 39.8 Å². The molecule has 26 heavy (non-hydrogen) atoms. The Bertz CT molecular complexity index is 734. The molecule has 2 amide bonds. The maximum absolute atomic E-state index is 12.5. The second-order valence-electron chi connectivity index (χ2n) is 5.66. The van der Waals surface area contributed by atoms with Crippen LogP contribution in [0.4, 0.5) is 13.2 Å². The molecule has 12 heteroatoms. The van der Waals surface area contributed by atoms with Crippen LogP contribution in [0.1, 0.15) is 18.6 Å². The molecular weight excluding hydrogens is 379 g/mol. The lowest BCUT2D eigenvalue weighted by Gasteiger charge is -2.24. The second-order valence-corrected chi connectivity index (χ2v) is 7.59. The Morgan fingerprint density at radius 3 is 2.69 bits per heavy atom. The summed E-state index contributed by atoms with van der Waals surface area (Å²) in [5.74, 6) is -2.92. The van der Waals surface area contributed by atoms with Crippen molar-refractivity contribution in [2.24, 2.45) is 0 Å². The van der Waals surface area contributed by atoms with Crippen molar-refractivity contribution >= 4 is 21.8 Å². The van der Waals surface area contributed by atoms with Crippen LogP contribution in [0, 0.1) is 0 Å². The van der Waals surface area contributed by atoms with E-state index in [0.717, 1.165) is 0 Å². The van der Waals surface area contributed by atoms with Crippen LogP contribution in [0.5, 0.6) is 0 Å². The fraction of sp³-hybridized carbons (Fsp3) is 0.571. The number of carbonyl (C=O) groups excluding carboxylic acids is 2. The Morgan fingerprint density at radius 1 is 1.35 bits per heavy atom. The van der Waals surface area contributed by atoms with E-state index in [0.29, 0.717) is 10.7 Å². The normalized spacial score (nSPS) is 18.1. The van der Waals surface area contributed by atoms with E-state index in [4.69, 9.17) is 4.42 Å². The summed E-state index contributed by atoms with van der Waals surface area (Å²) < 4.78 is 68.5. The molecule has 0 saturated carbocycles. The van der Waals surface area contributed by atoms with Crippen LogP contribution in [0.3, 0.4) is 0 Å². The minimum absolute atomic E-state index is 0.0558. The molecule has 0 aromatic carbocycles. The molecule has 1 saturated heterocycles. The molecule has 1 aromatic rings. The number of amides is 2. The zero-order valence-electron chi connectivity index (χ0n) is 13.6. The maximum Gasteiger partial charge on any atom is 0.471 e. The predicted molar refractivity (Wildman–Crippen MR) is 83.1 cm³/mol. The van der Waals surface area contributed by atoms with Crippen LogP contribution in [0.25, 0.3) is 0 Å².